The van der Waals surface area contributed by atoms with E-state index in [4.69, 9.17) is 14.0 Å². The summed E-state index contributed by atoms with van der Waals surface area (Å²) >= 11 is 0. The number of guanidine groups is 1. The summed E-state index contributed by atoms with van der Waals surface area (Å²) in [4.78, 5) is 4.23. The lowest BCUT2D eigenvalue weighted by atomic mass is 10.1. The Kier molecular flexibility index (Phi) is 8.04. The molecule has 2 rings (SSSR count). The molecule has 0 amide bonds. The Hall–Kier alpha value is -1.60. The van der Waals surface area contributed by atoms with Gasteiger partial charge in [0, 0.05) is 38.9 Å². The van der Waals surface area contributed by atoms with Gasteiger partial charge in [-0.3, -0.25) is 4.99 Å². The van der Waals surface area contributed by atoms with E-state index in [0.717, 1.165) is 69.4 Å². The van der Waals surface area contributed by atoms with Crippen molar-refractivity contribution >= 4 is 5.96 Å². The van der Waals surface area contributed by atoms with Crippen LogP contribution in [0.15, 0.2) is 9.52 Å². The van der Waals surface area contributed by atoms with E-state index in [1.165, 1.54) is 5.56 Å². The fourth-order valence-corrected chi connectivity index (χ4v) is 2.76. The minimum atomic E-state index is 0.303. The van der Waals surface area contributed by atoms with Gasteiger partial charge >= 0.3 is 0 Å². The van der Waals surface area contributed by atoms with Gasteiger partial charge in [0.2, 0.25) is 0 Å². The summed E-state index contributed by atoms with van der Waals surface area (Å²) in [6.07, 6.45) is 4.39. The van der Waals surface area contributed by atoms with E-state index in [9.17, 15) is 0 Å². The van der Waals surface area contributed by atoms with Crippen molar-refractivity contribution in [1.29, 1.82) is 0 Å². The lowest BCUT2D eigenvalue weighted by Crippen LogP contribution is -2.39. The average Bonchev–Trinajstić information content (AvgIpc) is 3.20. The Morgan fingerprint density at radius 1 is 1.33 bits per heavy atom. The van der Waals surface area contributed by atoms with Crippen LogP contribution in [0.4, 0.5) is 0 Å². The van der Waals surface area contributed by atoms with Gasteiger partial charge in [-0.15, -0.1) is 0 Å². The standard InChI is InChI=1S/C17H30N4O3/c1-13-16(14(2)24-21-13)7-9-20-17(18-3)19-8-5-10-22-12-15-6-4-11-23-15/h15H,4-12H2,1-3H3,(H2,18,19,20). The quantitative estimate of drug-likeness (QED) is 0.404. The van der Waals surface area contributed by atoms with Gasteiger partial charge in [-0.1, -0.05) is 5.16 Å². The van der Waals surface area contributed by atoms with Gasteiger partial charge in [0.15, 0.2) is 5.96 Å². The van der Waals surface area contributed by atoms with Crippen LogP contribution in [0, 0.1) is 13.8 Å². The topological polar surface area (TPSA) is 80.9 Å². The third-order valence-electron chi connectivity index (χ3n) is 4.16. The van der Waals surface area contributed by atoms with Crippen molar-refractivity contribution < 1.29 is 14.0 Å². The van der Waals surface area contributed by atoms with Crippen LogP contribution in [0.2, 0.25) is 0 Å². The molecule has 0 saturated carbocycles. The summed E-state index contributed by atoms with van der Waals surface area (Å²) < 4.78 is 16.3. The summed E-state index contributed by atoms with van der Waals surface area (Å²) in [6, 6.07) is 0. The molecule has 0 radical (unpaired) electrons. The Morgan fingerprint density at radius 3 is 2.83 bits per heavy atom. The van der Waals surface area contributed by atoms with Crippen LogP contribution in [0.25, 0.3) is 0 Å². The molecule has 2 N–H and O–H groups in total. The second kappa shape index (κ2) is 10.3. The largest absolute Gasteiger partial charge is 0.379 e. The molecule has 0 aliphatic carbocycles. The van der Waals surface area contributed by atoms with E-state index < -0.39 is 0 Å². The molecule has 7 nitrogen and oxygen atoms in total. The van der Waals surface area contributed by atoms with Crippen LogP contribution in [0.3, 0.4) is 0 Å². The van der Waals surface area contributed by atoms with E-state index in [2.05, 4.69) is 20.8 Å². The zero-order valence-electron chi connectivity index (χ0n) is 15.1. The smallest absolute Gasteiger partial charge is 0.190 e. The van der Waals surface area contributed by atoms with Gasteiger partial charge in [-0.2, -0.15) is 0 Å². The Bertz CT molecular complexity index is 490. The van der Waals surface area contributed by atoms with Gasteiger partial charge in [0.1, 0.15) is 5.76 Å². The first-order valence-electron chi connectivity index (χ1n) is 8.76. The predicted molar refractivity (Wildman–Crippen MR) is 93.5 cm³/mol. The van der Waals surface area contributed by atoms with Crippen molar-refractivity contribution in [3.63, 3.8) is 0 Å². The maximum Gasteiger partial charge on any atom is 0.190 e. The highest BCUT2D eigenvalue weighted by atomic mass is 16.5. The van der Waals surface area contributed by atoms with Crippen LogP contribution in [0.5, 0.6) is 0 Å². The van der Waals surface area contributed by atoms with Gasteiger partial charge in [-0.25, -0.2) is 0 Å². The van der Waals surface area contributed by atoms with E-state index in [0.29, 0.717) is 12.7 Å². The molecule has 1 aromatic heterocycles. The van der Waals surface area contributed by atoms with Gasteiger partial charge in [0.25, 0.3) is 0 Å². The summed E-state index contributed by atoms with van der Waals surface area (Å²) in [5, 5.41) is 10.6. The van der Waals surface area contributed by atoms with Crippen molar-refractivity contribution in [1.82, 2.24) is 15.8 Å². The summed E-state index contributed by atoms with van der Waals surface area (Å²) in [7, 11) is 1.78. The van der Waals surface area contributed by atoms with Gasteiger partial charge in [-0.05, 0) is 39.5 Å². The van der Waals surface area contributed by atoms with E-state index >= 15 is 0 Å². The first kappa shape index (κ1) is 18.7. The third kappa shape index (κ3) is 6.13. The lowest BCUT2D eigenvalue weighted by molar-refractivity contribution is 0.0168. The molecule has 1 aromatic rings. The van der Waals surface area contributed by atoms with Crippen molar-refractivity contribution in [3.8, 4) is 0 Å². The monoisotopic (exact) mass is 338 g/mol. The molecule has 1 unspecified atom stereocenters. The highest BCUT2D eigenvalue weighted by Gasteiger charge is 2.14. The highest BCUT2D eigenvalue weighted by Crippen LogP contribution is 2.12. The van der Waals surface area contributed by atoms with E-state index in [1.807, 2.05) is 13.8 Å². The molecule has 24 heavy (non-hydrogen) atoms. The molecule has 0 aromatic carbocycles. The van der Waals surface area contributed by atoms with Crippen LogP contribution < -0.4 is 10.6 Å². The Morgan fingerprint density at radius 2 is 2.17 bits per heavy atom. The fourth-order valence-electron chi connectivity index (χ4n) is 2.76. The molecule has 136 valence electrons. The number of hydrogen-bond acceptors (Lipinski definition) is 5. The molecule has 0 bridgehead atoms. The van der Waals surface area contributed by atoms with Crippen molar-refractivity contribution in [2.75, 3.05) is 40.0 Å². The molecule has 2 heterocycles. The van der Waals surface area contributed by atoms with E-state index in [1.54, 1.807) is 7.05 Å². The summed E-state index contributed by atoms with van der Waals surface area (Å²) in [6.45, 7) is 7.86. The molecule has 1 atom stereocenters. The van der Waals surface area contributed by atoms with Crippen LogP contribution in [0.1, 0.15) is 36.3 Å². The SMILES string of the molecule is CN=C(NCCCOCC1CCCO1)NCCc1c(C)noc1C. The minimum absolute atomic E-state index is 0.303. The number of aliphatic imine (C=N–C) groups is 1. The maximum atomic E-state index is 5.65. The number of hydrogen-bond donors (Lipinski definition) is 2. The molecule has 1 saturated heterocycles. The molecular weight excluding hydrogens is 308 g/mol. The molecule has 0 spiro atoms. The molecule has 1 fully saturated rings. The maximum absolute atomic E-state index is 5.65. The van der Waals surface area contributed by atoms with Crippen molar-refractivity contribution in [2.24, 2.45) is 4.99 Å². The first-order chi connectivity index (χ1) is 11.7. The number of rotatable bonds is 9. The average molecular weight is 338 g/mol. The van der Waals surface area contributed by atoms with Crippen molar-refractivity contribution in [2.45, 2.75) is 45.6 Å². The van der Waals surface area contributed by atoms with E-state index in [-0.39, 0.29) is 0 Å². The second-order valence-corrected chi connectivity index (χ2v) is 6.04. The van der Waals surface area contributed by atoms with Gasteiger partial charge < -0.3 is 24.6 Å². The number of aromatic nitrogens is 1. The lowest BCUT2D eigenvalue weighted by Gasteiger charge is -2.13. The predicted octanol–water partition coefficient (Wildman–Crippen LogP) is 1.58. The number of aryl methyl sites for hydroxylation is 2. The van der Waals surface area contributed by atoms with Crippen LogP contribution in [-0.4, -0.2) is 57.2 Å². The highest BCUT2D eigenvalue weighted by molar-refractivity contribution is 5.79. The number of ether oxygens (including phenoxy) is 2. The Labute approximate surface area is 144 Å². The zero-order chi connectivity index (χ0) is 17.2. The van der Waals surface area contributed by atoms with Crippen LogP contribution in [-0.2, 0) is 15.9 Å². The normalized spacial score (nSPS) is 18.1. The first-order valence-corrected chi connectivity index (χ1v) is 8.76. The number of nitrogens with one attached hydrogen (secondary N) is 2. The summed E-state index contributed by atoms with van der Waals surface area (Å²) in [5.41, 5.74) is 2.13. The molecule has 1 aliphatic rings. The van der Waals surface area contributed by atoms with Gasteiger partial charge in [0.05, 0.1) is 18.4 Å². The molecule has 1 aliphatic heterocycles. The molecular formula is C17H30N4O3. The van der Waals surface area contributed by atoms with Crippen LogP contribution >= 0.6 is 0 Å². The van der Waals surface area contributed by atoms with Crippen molar-refractivity contribution in [3.05, 3.63) is 17.0 Å². The third-order valence-corrected chi connectivity index (χ3v) is 4.16. The molecule has 7 heteroatoms. The summed E-state index contributed by atoms with van der Waals surface area (Å²) in [5.74, 6) is 1.70. The Balaban J connectivity index is 1.52. The minimum Gasteiger partial charge on any atom is -0.379 e. The number of nitrogens with zero attached hydrogens (tertiary/aromatic N) is 2. The second-order valence-electron chi connectivity index (χ2n) is 6.04. The zero-order valence-corrected chi connectivity index (χ0v) is 15.1. The fraction of sp³-hybridized carbons (Fsp3) is 0.765.